The van der Waals surface area contributed by atoms with Crippen LogP contribution in [0.1, 0.15) is 64.1 Å². The minimum Gasteiger partial charge on any atom is -0.394 e. The maximum atomic E-state index is 13.7. The van der Waals surface area contributed by atoms with Crippen molar-refractivity contribution in [2.45, 2.75) is 37.6 Å². The average molecular weight is 555 g/mol. The van der Waals surface area contributed by atoms with Crippen LogP contribution in [0.4, 0.5) is 0 Å². The summed E-state index contributed by atoms with van der Waals surface area (Å²) >= 11 is 19.2. The Hall–Kier alpha value is -2.83. The Balaban J connectivity index is 1.65. The van der Waals surface area contributed by atoms with Gasteiger partial charge in [0.1, 0.15) is 0 Å². The number of rotatable bonds is 6. The predicted octanol–water partition coefficient (Wildman–Crippen LogP) is 7.15. The van der Waals surface area contributed by atoms with Gasteiger partial charge in [-0.15, -0.1) is 0 Å². The van der Waals surface area contributed by atoms with Gasteiger partial charge in [-0.05, 0) is 60.7 Å². The summed E-state index contributed by atoms with van der Waals surface area (Å²) in [5, 5.41) is 19.5. The van der Waals surface area contributed by atoms with Gasteiger partial charge in [-0.3, -0.25) is 4.79 Å². The van der Waals surface area contributed by atoms with Crippen LogP contribution in [-0.4, -0.2) is 27.4 Å². The molecule has 1 aromatic heterocycles. The number of aliphatic hydroxyl groups is 1. The summed E-state index contributed by atoms with van der Waals surface area (Å²) in [5.41, 5.74) is 4.68. The van der Waals surface area contributed by atoms with Gasteiger partial charge in [0.2, 0.25) is 0 Å². The average Bonchev–Trinajstić information content (AvgIpc) is 3.12. The van der Waals surface area contributed by atoms with E-state index in [9.17, 15) is 9.90 Å². The fourth-order valence-electron chi connectivity index (χ4n) is 5.07. The van der Waals surface area contributed by atoms with E-state index in [0.717, 1.165) is 41.6 Å². The molecule has 0 saturated carbocycles. The molecule has 5 nitrogen and oxygen atoms in total. The lowest BCUT2D eigenvalue weighted by Crippen LogP contribution is -2.31. The number of nitrogens with one attached hydrogen (secondary N) is 1. The number of aliphatic hydroxyl groups excluding tert-OH is 1. The molecule has 37 heavy (non-hydrogen) atoms. The van der Waals surface area contributed by atoms with Crippen molar-refractivity contribution < 1.29 is 9.90 Å². The SMILES string of the molecule is O=C(N[C@H](CO)c1ccccc1)c1nn(-c2ccc(Cl)cc2Cl)c2c1CCCCC2c1cccc(Cl)c1. The molecule has 2 N–H and O–H groups in total. The molecule has 0 aliphatic heterocycles. The van der Waals surface area contributed by atoms with Crippen LogP contribution in [-0.2, 0) is 6.42 Å². The van der Waals surface area contributed by atoms with Gasteiger partial charge in [0, 0.05) is 21.5 Å². The smallest absolute Gasteiger partial charge is 0.272 e. The Morgan fingerprint density at radius 2 is 1.78 bits per heavy atom. The third-order valence-electron chi connectivity index (χ3n) is 6.82. The molecule has 1 aliphatic carbocycles. The summed E-state index contributed by atoms with van der Waals surface area (Å²) in [6, 6.07) is 21.9. The normalized spacial score (nSPS) is 16.1. The molecule has 190 valence electrons. The molecular formula is C29H26Cl3N3O2. The van der Waals surface area contributed by atoms with E-state index < -0.39 is 6.04 Å². The summed E-state index contributed by atoms with van der Waals surface area (Å²) in [4.78, 5) is 13.7. The van der Waals surface area contributed by atoms with Crippen LogP contribution >= 0.6 is 34.8 Å². The molecular weight excluding hydrogens is 529 g/mol. The second kappa shape index (κ2) is 11.3. The molecule has 0 spiro atoms. The lowest BCUT2D eigenvalue weighted by molar-refractivity contribution is 0.0909. The Labute approximate surface area is 231 Å². The molecule has 0 saturated heterocycles. The molecule has 2 atom stereocenters. The highest BCUT2D eigenvalue weighted by Crippen LogP contribution is 2.40. The highest BCUT2D eigenvalue weighted by atomic mass is 35.5. The van der Waals surface area contributed by atoms with Gasteiger partial charge >= 0.3 is 0 Å². The molecule has 0 fully saturated rings. The third kappa shape index (κ3) is 5.41. The molecule has 3 aromatic carbocycles. The van der Waals surface area contributed by atoms with Crippen LogP contribution < -0.4 is 5.32 Å². The molecule has 0 radical (unpaired) electrons. The highest BCUT2D eigenvalue weighted by molar-refractivity contribution is 6.35. The molecule has 1 heterocycles. The molecule has 1 aliphatic rings. The van der Waals surface area contributed by atoms with Crippen LogP contribution in [0.25, 0.3) is 5.69 Å². The van der Waals surface area contributed by atoms with E-state index in [1.54, 1.807) is 16.8 Å². The van der Waals surface area contributed by atoms with Crippen molar-refractivity contribution in [2.24, 2.45) is 0 Å². The lowest BCUT2D eigenvalue weighted by atomic mass is 9.90. The van der Waals surface area contributed by atoms with E-state index >= 15 is 0 Å². The Morgan fingerprint density at radius 3 is 2.51 bits per heavy atom. The largest absolute Gasteiger partial charge is 0.394 e. The van der Waals surface area contributed by atoms with Crippen molar-refractivity contribution in [1.29, 1.82) is 0 Å². The number of amides is 1. The first-order valence-corrected chi connectivity index (χ1v) is 13.4. The molecule has 5 rings (SSSR count). The Kier molecular flexibility index (Phi) is 7.87. The van der Waals surface area contributed by atoms with Crippen LogP contribution in [0, 0.1) is 0 Å². The lowest BCUT2D eigenvalue weighted by Gasteiger charge is -2.20. The standard InChI is InChI=1S/C29H26Cl3N3O2/c30-20-10-6-9-19(15-20)22-11-4-5-12-23-27(29(37)33-25(17-36)18-7-2-1-3-8-18)34-35(28(22)23)26-14-13-21(31)16-24(26)32/h1-3,6-10,13-16,22,25,36H,4-5,11-12,17H2,(H,33,37)/t22?,25-/m1/s1. The fraction of sp³-hybridized carbons (Fsp3) is 0.241. The minimum absolute atomic E-state index is 0.0280. The summed E-state index contributed by atoms with van der Waals surface area (Å²) in [5.74, 6) is -0.366. The van der Waals surface area contributed by atoms with Crippen molar-refractivity contribution in [1.82, 2.24) is 15.1 Å². The minimum atomic E-state index is -0.553. The molecule has 0 bridgehead atoms. The van der Waals surface area contributed by atoms with Gasteiger partial charge in [-0.1, -0.05) is 83.7 Å². The Bertz CT molecular complexity index is 1420. The van der Waals surface area contributed by atoms with Gasteiger partial charge in [-0.25, -0.2) is 4.68 Å². The molecule has 1 unspecified atom stereocenters. The number of carbonyl (C=O) groups is 1. The van der Waals surface area contributed by atoms with Crippen molar-refractivity contribution in [3.8, 4) is 5.69 Å². The van der Waals surface area contributed by atoms with Crippen LogP contribution in [0.15, 0.2) is 72.8 Å². The first-order chi connectivity index (χ1) is 18.0. The van der Waals surface area contributed by atoms with Crippen molar-refractivity contribution in [3.63, 3.8) is 0 Å². The zero-order valence-corrected chi connectivity index (χ0v) is 22.3. The topological polar surface area (TPSA) is 67.2 Å². The Morgan fingerprint density at radius 1 is 1.00 bits per heavy atom. The van der Waals surface area contributed by atoms with E-state index in [0.29, 0.717) is 32.9 Å². The molecule has 8 heteroatoms. The second-order valence-corrected chi connectivity index (χ2v) is 10.5. The quantitative estimate of drug-likeness (QED) is 0.249. The van der Waals surface area contributed by atoms with Crippen molar-refractivity contribution in [3.05, 3.63) is 116 Å². The number of aromatic nitrogens is 2. The maximum absolute atomic E-state index is 13.7. The number of nitrogens with zero attached hydrogens (tertiary/aromatic N) is 2. The van der Waals surface area contributed by atoms with E-state index in [2.05, 4.69) is 11.4 Å². The molecule has 4 aromatic rings. The van der Waals surface area contributed by atoms with E-state index in [1.165, 1.54) is 0 Å². The number of halogens is 3. The zero-order chi connectivity index (χ0) is 25.9. The monoisotopic (exact) mass is 553 g/mol. The van der Waals surface area contributed by atoms with Gasteiger partial charge in [0.15, 0.2) is 5.69 Å². The second-order valence-electron chi connectivity index (χ2n) is 9.19. The number of carbonyl (C=O) groups excluding carboxylic acids is 1. The van der Waals surface area contributed by atoms with E-state index in [1.807, 2.05) is 54.6 Å². The van der Waals surface area contributed by atoms with Crippen molar-refractivity contribution in [2.75, 3.05) is 6.61 Å². The number of fused-ring (bicyclic) bond motifs is 1. The summed E-state index contributed by atoms with van der Waals surface area (Å²) < 4.78 is 1.79. The summed E-state index contributed by atoms with van der Waals surface area (Å²) in [7, 11) is 0. The van der Waals surface area contributed by atoms with Gasteiger partial charge in [0.25, 0.3) is 5.91 Å². The van der Waals surface area contributed by atoms with Crippen LogP contribution in [0.3, 0.4) is 0 Å². The van der Waals surface area contributed by atoms with Crippen LogP contribution in [0.2, 0.25) is 15.1 Å². The fourth-order valence-corrected chi connectivity index (χ4v) is 5.76. The highest BCUT2D eigenvalue weighted by Gasteiger charge is 2.32. The third-order valence-corrected chi connectivity index (χ3v) is 7.59. The maximum Gasteiger partial charge on any atom is 0.272 e. The van der Waals surface area contributed by atoms with Gasteiger partial charge in [-0.2, -0.15) is 5.10 Å². The predicted molar refractivity (Wildman–Crippen MR) is 148 cm³/mol. The number of benzene rings is 3. The number of hydrogen-bond donors (Lipinski definition) is 2. The first kappa shape index (κ1) is 25.8. The number of hydrogen-bond acceptors (Lipinski definition) is 3. The van der Waals surface area contributed by atoms with Crippen LogP contribution in [0.5, 0.6) is 0 Å². The first-order valence-electron chi connectivity index (χ1n) is 12.3. The van der Waals surface area contributed by atoms with Crippen molar-refractivity contribution >= 4 is 40.7 Å². The van der Waals surface area contributed by atoms with E-state index in [-0.39, 0.29) is 18.4 Å². The van der Waals surface area contributed by atoms with Gasteiger partial charge < -0.3 is 10.4 Å². The zero-order valence-electron chi connectivity index (χ0n) is 20.0. The summed E-state index contributed by atoms with van der Waals surface area (Å²) in [6.07, 6.45) is 3.50. The summed E-state index contributed by atoms with van der Waals surface area (Å²) in [6.45, 7) is -0.229. The van der Waals surface area contributed by atoms with E-state index in [4.69, 9.17) is 39.9 Å². The van der Waals surface area contributed by atoms with Gasteiger partial charge in [0.05, 0.1) is 29.1 Å². The molecule has 1 amide bonds.